The molecule has 1 aliphatic rings. The van der Waals surface area contributed by atoms with Crippen LogP contribution in [0, 0.1) is 22.2 Å². The highest BCUT2D eigenvalue weighted by Crippen LogP contribution is 2.45. The quantitative estimate of drug-likeness (QED) is 0.592. The standard InChI is InChI=1S/C15H32N4O/c1-15(2)6-5-11(10-19-20)7-12(15)8-13(17)3-4-14(18)9-16/h11-14H,3-10,16-18H2,1-2H3. The summed E-state index contributed by atoms with van der Waals surface area (Å²) >= 11 is 0. The fourth-order valence-corrected chi connectivity index (χ4v) is 3.34. The molecule has 1 saturated carbocycles. The lowest BCUT2D eigenvalue weighted by molar-refractivity contribution is 0.0868. The van der Waals surface area contributed by atoms with E-state index >= 15 is 0 Å². The highest BCUT2D eigenvalue weighted by Gasteiger charge is 2.37. The molecule has 118 valence electrons. The van der Waals surface area contributed by atoms with Crippen LogP contribution in [0.3, 0.4) is 0 Å². The van der Waals surface area contributed by atoms with Gasteiger partial charge in [0.25, 0.3) is 0 Å². The van der Waals surface area contributed by atoms with Gasteiger partial charge in [0.1, 0.15) is 0 Å². The highest BCUT2D eigenvalue weighted by atomic mass is 16.3. The van der Waals surface area contributed by atoms with Gasteiger partial charge in [-0.05, 0) is 55.8 Å². The number of nitrogens with zero attached hydrogens (tertiary/aromatic N) is 1. The molecule has 0 spiro atoms. The fraction of sp³-hybridized carbons (Fsp3) is 1.00. The maximum absolute atomic E-state index is 10.5. The molecule has 1 fully saturated rings. The van der Waals surface area contributed by atoms with Gasteiger partial charge in [0.05, 0.1) is 6.54 Å². The summed E-state index contributed by atoms with van der Waals surface area (Å²) in [5.41, 5.74) is 18.0. The van der Waals surface area contributed by atoms with Crippen molar-refractivity contribution in [1.82, 2.24) is 0 Å². The van der Waals surface area contributed by atoms with Crippen LogP contribution in [-0.4, -0.2) is 25.2 Å². The van der Waals surface area contributed by atoms with Crippen molar-refractivity contribution in [2.45, 2.75) is 64.5 Å². The van der Waals surface area contributed by atoms with Crippen LogP contribution in [0.25, 0.3) is 0 Å². The van der Waals surface area contributed by atoms with E-state index in [2.05, 4.69) is 19.0 Å². The molecule has 0 aromatic rings. The smallest absolute Gasteiger partial charge is 0.0839 e. The van der Waals surface area contributed by atoms with Crippen molar-refractivity contribution in [2.24, 2.45) is 39.6 Å². The van der Waals surface area contributed by atoms with Crippen molar-refractivity contribution < 1.29 is 0 Å². The Balaban J connectivity index is 2.46. The summed E-state index contributed by atoms with van der Waals surface area (Å²) < 4.78 is 0. The zero-order chi connectivity index (χ0) is 15.2. The molecule has 5 nitrogen and oxygen atoms in total. The van der Waals surface area contributed by atoms with Crippen molar-refractivity contribution >= 4 is 0 Å². The molecule has 20 heavy (non-hydrogen) atoms. The SMILES string of the molecule is CC1(C)CCC(CN=O)CC1CC(N)CCC(N)CN. The molecule has 6 N–H and O–H groups in total. The van der Waals surface area contributed by atoms with E-state index in [0.29, 0.717) is 30.3 Å². The van der Waals surface area contributed by atoms with E-state index in [1.165, 1.54) is 0 Å². The predicted octanol–water partition coefficient (Wildman–Crippen LogP) is 1.98. The topological polar surface area (TPSA) is 107 Å². The summed E-state index contributed by atoms with van der Waals surface area (Å²) in [5.74, 6) is 1.02. The van der Waals surface area contributed by atoms with Crippen LogP contribution < -0.4 is 17.2 Å². The van der Waals surface area contributed by atoms with Gasteiger partial charge in [0.15, 0.2) is 0 Å². The van der Waals surface area contributed by atoms with E-state index in [0.717, 1.165) is 38.5 Å². The van der Waals surface area contributed by atoms with Crippen molar-refractivity contribution in [3.63, 3.8) is 0 Å². The van der Waals surface area contributed by atoms with Crippen LogP contribution in [0.4, 0.5) is 0 Å². The Kier molecular flexibility index (Phi) is 7.06. The number of hydrogen-bond acceptors (Lipinski definition) is 5. The van der Waals surface area contributed by atoms with Gasteiger partial charge in [-0.25, -0.2) is 0 Å². The van der Waals surface area contributed by atoms with Crippen molar-refractivity contribution in [1.29, 1.82) is 0 Å². The average Bonchev–Trinajstić information content (AvgIpc) is 2.40. The first-order valence-corrected chi connectivity index (χ1v) is 7.89. The minimum Gasteiger partial charge on any atom is -0.329 e. The molecular weight excluding hydrogens is 252 g/mol. The van der Waals surface area contributed by atoms with Gasteiger partial charge in [-0.3, -0.25) is 0 Å². The Labute approximate surface area is 123 Å². The third-order valence-electron chi connectivity index (χ3n) is 5.05. The van der Waals surface area contributed by atoms with Gasteiger partial charge in [-0.15, -0.1) is 0 Å². The zero-order valence-electron chi connectivity index (χ0n) is 13.1. The summed E-state index contributed by atoms with van der Waals surface area (Å²) in [6.07, 6.45) is 6.19. The van der Waals surface area contributed by atoms with E-state index in [-0.39, 0.29) is 12.1 Å². The van der Waals surface area contributed by atoms with E-state index in [1.54, 1.807) is 0 Å². The molecule has 1 aliphatic carbocycles. The molecular formula is C15H32N4O. The minimum atomic E-state index is 0.0624. The van der Waals surface area contributed by atoms with E-state index < -0.39 is 0 Å². The Morgan fingerprint density at radius 3 is 2.50 bits per heavy atom. The lowest BCUT2D eigenvalue weighted by Gasteiger charge is -2.43. The number of hydrogen-bond donors (Lipinski definition) is 3. The second-order valence-electron chi connectivity index (χ2n) is 7.21. The summed E-state index contributed by atoms with van der Waals surface area (Å²) in [5, 5.41) is 3.08. The molecule has 0 heterocycles. The maximum atomic E-state index is 10.5. The Bertz CT molecular complexity index is 296. The predicted molar refractivity (Wildman–Crippen MR) is 84.1 cm³/mol. The summed E-state index contributed by atoms with van der Waals surface area (Å²) in [6.45, 7) is 5.62. The monoisotopic (exact) mass is 284 g/mol. The first kappa shape index (κ1) is 17.5. The van der Waals surface area contributed by atoms with Crippen LogP contribution in [0.5, 0.6) is 0 Å². The second-order valence-corrected chi connectivity index (χ2v) is 7.21. The number of nitroso groups, excluding NO2 is 1. The van der Waals surface area contributed by atoms with E-state index in [4.69, 9.17) is 17.2 Å². The van der Waals surface area contributed by atoms with Crippen molar-refractivity contribution in [3.05, 3.63) is 4.91 Å². The van der Waals surface area contributed by atoms with Crippen LogP contribution in [0.1, 0.15) is 52.4 Å². The van der Waals surface area contributed by atoms with E-state index in [9.17, 15) is 4.91 Å². The Morgan fingerprint density at radius 1 is 1.25 bits per heavy atom. The van der Waals surface area contributed by atoms with Crippen molar-refractivity contribution in [3.8, 4) is 0 Å². The van der Waals surface area contributed by atoms with Gasteiger partial charge in [0.2, 0.25) is 0 Å². The molecule has 0 aromatic heterocycles. The molecule has 0 radical (unpaired) electrons. The average molecular weight is 284 g/mol. The lowest BCUT2D eigenvalue weighted by Crippen LogP contribution is -2.38. The van der Waals surface area contributed by atoms with Crippen LogP contribution in [-0.2, 0) is 0 Å². The van der Waals surface area contributed by atoms with Crippen LogP contribution >= 0.6 is 0 Å². The Hall–Kier alpha value is -0.520. The van der Waals surface area contributed by atoms with Crippen molar-refractivity contribution in [2.75, 3.05) is 13.1 Å². The highest BCUT2D eigenvalue weighted by molar-refractivity contribution is 4.89. The summed E-state index contributed by atoms with van der Waals surface area (Å²) in [6, 6.07) is 0.243. The molecule has 0 bridgehead atoms. The lowest BCUT2D eigenvalue weighted by atomic mass is 9.63. The summed E-state index contributed by atoms with van der Waals surface area (Å²) in [4.78, 5) is 10.5. The molecule has 5 heteroatoms. The van der Waals surface area contributed by atoms with Crippen LogP contribution in [0.2, 0.25) is 0 Å². The third kappa shape index (κ3) is 5.46. The fourth-order valence-electron chi connectivity index (χ4n) is 3.34. The largest absolute Gasteiger partial charge is 0.329 e. The third-order valence-corrected chi connectivity index (χ3v) is 5.05. The minimum absolute atomic E-state index is 0.0624. The number of rotatable bonds is 8. The molecule has 0 saturated heterocycles. The molecule has 0 aliphatic heterocycles. The molecule has 4 atom stereocenters. The van der Waals surface area contributed by atoms with Crippen LogP contribution in [0.15, 0.2) is 5.18 Å². The first-order valence-electron chi connectivity index (χ1n) is 7.89. The normalized spacial score (nSPS) is 28.9. The maximum Gasteiger partial charge on any atom is 0.0839 e. The molecule has 0 aromatic carbocycles. The molecule has 1 rings (SSSR count). The number of nitrogens with two attached hydrogens (primary N) is 3. The van der Waals surface area contributed by atoms with Gasteiger partial charge in [-0.2, -0.15) is 4.91 Å². The van der Waals surface area contributed by atoms with Gasteiger partial charge < -0.3 is 17.2 Å². The Morgan fingerprint density at radius 2 is 1.90 bits per heavy atom. The molecule has 0 amide bonds. The summed E-state index contributed by atoms with van der Waals surface area (Å²) in [7, 11) is 0. The van der Waals surface area contributed by atoms with Gasteiger partial charge >= 0.3 is 0 Å². The first-order chi connectivity index (χ1) is 9.39. The van der Waals surface area contributed by atoms with Gasteiger partial charge in [0, 0.05) is 18.6 Å². The molecule has 4 unspecified atom stereocenters. The zero-order valence-corrected chi connectivity index (χ0v) is 13.1. The van der Waals surface area contributed by atoms with Gasteiger partial charge in [-0.1, -0.05) is 19.0 Å². The second kappa shape index (κ2) is 8.05. The van der Waals surface area contributed by atoms with E-state index in [1.807, 2.05) is 0 Å².